The van der Waals surface area contributed by atoms with E-state index in [2.05, 4.69) is 15.9 Å². The lowest BCUT2D eigenvalue weighted by atomic mass is 10.1. The lowest BCUT2D eigenvalue weighted by Gasteiger charge is -2.13. The first kappa shape index (κ1) is 16.7. The van der Waals surface area contributed by atoms with Gasteiger partial charge in [-0.15, -0.1) is 0 Å². The minimum Gasteiger partial charge on any atom is -0.455 e. The van der Waals surface area contributed by atoms with E-state index in [-0.39, 0.29) is 0 Å². The summed E-state index contributed by atoms with van der Waals surface area (Å²) in [5.74, 6) is -0.974. The van der Waals surface area contributed by atoms with Gasteiger partial charge in [0.25, 0.3) is 0 Å². The molecule has 0 bridgehead atoms. The quantitative estimate of drug-likeness (QED) is 0.510. The standard InChI is InChI=1S/C17H13BrClFO2/c1-11(14-4-2-3-5-15(14)19)22-17(21)9-6-12-10-13(18)7-8-16(12)20/h2-11H,1H3/b9-6+/t11-/m1/s1. The maximum absolute atomic E-state index is 13.6. The fraction of sp³-hybridized carbons (Fsp3) is 0.118. The Morgan fingerprint density at radius 2 is 2.05 bits per heavy atom. The summed E-state index contributed by atoms with van der Waals surface area (Å²) in [6.07, 6.45) is 2.08. The number of esters is 1. The van der Waals surface area contributed by atoms with Gasteiger partial charge in [0.05, 0.1) is 0 Å². The molecule has 5 heteroatoms. The Hall–Kier alpha value is -1.65. The van der Waals surface area contributed by atoms with Crippen LogP contribution < -0.4 is 0 Å². The number of hydrogen-bond acceptors (Lipinski definition) is 2. The second-order valence-electron chi connectivity index (χ2n) is 4.60. The van der Waals surface area contributed by atoms with Crippen molar-refractivity contribution in [2.75, 3.05) is 0 Å². The summed E-state index contributed by atoms with van der Waals surface area (Å²) in [7, 11) is 0. The molecule has 2 nitrogen and oxygen atoms in total. The van der Waals surface area contributed by atoms with E-state index in [1.54, 1.807) is 37.3 Å². The fourth-order valence-corrected chi connectivity index (χ4v) is 2.55. The van der Waals surface area contributed by atoms with Crippen LogP contribution in [0.5, 0.6) is 0 Å². The zero-order valence-electron chi connectivity index (χ0n) is 11.7. The van der Waals surface area contributed by atoms with Crippen LogP contribution in [0.4, 0.5) is 4.39 Å². The molecule has 2 rings (SSSR count). The molecule has 22 heavy (non-hydrogen) atoms. The van der Waals surface area contributed by atoms with Crippen molar-refractivity contribution in [3.63, 3.8) is 0 Å². The normalized spacial score (nSPS) is 12.4. The Morgan fingerprint density at radius 1 is 1.32 bits per heavy atom. The van der Waals surface area contributed by atoms with Crippen molar-refractivity contribution in [1.82, 2.24) is 0 Å². The molecule has 0 radical (unpaired) electrons. The lowest BCUT2D eigenvalue weighted by Crippen LogP contribution is -2.06. The van der Waals surface area contributed by atoms with E-state index in [1.807, 2.05) is 6.07 Å². The molecule has 0 unspecified atom stereocenters. The van der Waals surface area contributed by atoms with E-state index in [4.69, 9.17) is 16.3 Å². The monoisotopic (exact) mass is 382 g/mol. The molecular weight excluding hydrogens is 371 g/mol. The van der Waals surface area contributed by atoms with Gasteiger partial charge >= 0.3 is 5.97 Å². The maximum Gasteiger partial charge on any atom is 0.331 e. The Labute approximate surface area is 141 Å². The van der Waals surface area contributed by atoms with Crippen LogP contribution in [0.3, 0.4) is 0 Å². The van der Waals surface area contributed by atoms with Gasteiger partial charge in [0.2, 0.25) is 0 Å². The third-order valence-corrected chi connectivity index (χ3v) is 3.83. The fourth-order valence-electron chi connectivity index (χ4n) is 1.88. The van der Waals surface area contributed by atoms with Crippen molar-refractivity contribution in [1.29, 1.82) is 0 Å². The number of carbonyl (C=O) groups is 1. The summed E-state index contributed by atoms with van der Waals surface area (Å²) in [5, 5.41) is 0.532. The Bertz CT molecular complexity index is 716. The molecule has 2 aromatic carbocycles. The van der Waals surface area contributed by atoms with Crippen LogP contribution >= 0.6 is 27.5 Å². The van der Waals surface area contributed by atoms with Gasteiger partial charge in [0.15, 0.2) is 0 Å². The molecule has 0 saturated carbocycles. The van der Waals surface area contributed by atoms with Crippen molar-refractivity contribution >= 4 is 39.6 Å². The van der Waals surface area contributed by atoms with Crippen LogP contribution in [-0.2, 0) is 9.53 Å². The van der Waals surface area contributed by atoms with Crippen molar-refractivity contribution < 1.29 is 13.9 Å². The van der Waals surface area contributed by atoms with Gasteiger partial charge in [-0.1, -0.05) is 45.7 Å². The van der Waals surface area contributed by atoms with Gasteiger partial charge in [0.1, 0.15) is 11.9 Å². The van der Waals surface area contributed by atoms with Crippen molar-refractivity contribution in [3.05, 3.63) is 75.0 Å². The van der Waals surface area contributed by atoms with Crippen LogP contribution in [0.1, 0.15) is 24.2 Å². The largest absolute Gasteiger partial charge is 0.455 e. The molecule has 114 valence electrons. The Kier molecular flexibility index (Phi) is 5.75. The van der Waals surface area contributed by atoms with Gasteiger partial charge in [-0.05, 0) is 37.3 Å². The molecule has 0 spiro atoms. The summed E-state index contributed by atoms with van der Waals surface area (Å²) >= 11 is 9.30. The maximum atomic E-state index is 13.6. The molecule has 0 aliphatic heterocycles. The van der Waals surface area contributed by atoms with Crippen molar-refractivity contribution in [2.45, 2.75) is 13.0 Å². The molecule has 0 heterocycles. The zero-order valence-corrected chi connectivity index (χ0v) is 14.1. The second-order valence-corrected chi connectivity index (χ2v) is 5.92. The van der Waals surface area contributed by atoms with Gasteiger partial charge in [-0.2, -0.15) is 0 Å². The summed E-state index contributed by atoms with van der Waals surface area (Å²) in [6.45, 7) is 1.73. The van der Waals surface area contributed by atoms with E-state index < -0.39 is 17.9 Å². The highest BCUT2D eigenvalue weighted by molar-refractivity contribution is 9.10. The predicted octanol–water partition coefficient (Wildman–Crippen LogP) is 5.56. The second kappa shape index (κ2) is 7.56. The molecule has 0 N–H and O–H groups in total. The molecule has 0 aromatic heterocycles. The molecule has 2 aromatic rings. The summed E-state index contributed by atoms with van der Waals surface area (Å²) in [4.78, 5) is 11.8. The van der Waals surface area contributed by atoms with Gasteiger partial charge in [-0.25, -0.2) is 9.18 Å². The Balaban J connectivity index is 2.05. The molecular formula is C17H13BrClFO2. The highest BCUT2D eigenvalue weighted by Crippen LogP contribution is 2.25. The average molecular weight is 384 g/mol. The van der Waals surface area contributed by atoms with Crippen molar-refractivity contribution in [3.8, 4) is 0 Å². The topological polar surface area (TPSA) is 26.3 Å². The summed E-state index contributed by atoms with van der Waals surface area (Å²) < 4.78 is 19.6. The zero-order chi connectivity index (χ0) is 16.1. The smallest absolute Gasteiger partial charge is 0.331 e. The average Bonchev–Trinajstić information content (AvgIpc) is 2.48. The van der Waals surface area contributed by atoms with Gasteiger partial charge in [-0.3, -0.25) is 0 Å². The highest BCUT2D eigenvalue weighted by atomic mass is 79.9. The van der Waals surface area contributed by atoms with Crippen LogP contribution in [0.15, 0.2) is 53.0 Å². The van der Waals surface area contributed by atoms with Gasteiger partial charge < -0.3 is 4.74 Å². The van der Waals surface area contributed by atoms with Crippen LogP contribution in [-0.4, -0.2) is 5.97 Å². The Morgan fingerprint density at radius 3 is 2.77 bits per heavy atom. The number of ether oxygens (including phenoxy) is 1. The number of benzene rings is 2. The minimum atomic E-state index is -0.563. The first-order chi connectivity index (χ1) is 10.5. The molecule has 0 saturated heterocycles. The number of hydrogen-bond donors (Lipinski definition) is 0. The predicted molar refractivity (Wildman–Crippen MR) is 89.1 cm³/mol. The molecule has 1 atom stereocenters. The van der Waals surface area contributed by atoms with E-state index in [9.17, 15) is 9.18 Å². The van der Waals surface area contributed by atoms with E-state index in [1.165, 1.54) is 18.2 Å². The van der Waals surface area contributed by atoms with Gasteiger partial charge in [0, 0.05) is 26.7 Å². The van der Waals surface area contributed by atoms with Crippen molar-refractivity contribution in [2.24, 2.45) is 0 Å². The number of halogens is 3. The van der Waals surface area contributed by atoms with E-state index in [0.717, 1.165) is 10.0 Å². The first-order valence-corrected chi connectivity index (χ1v) is 7.72. The summed E-state index contributed by atoms with van der Waals surface area (Å²) in [5.41, 5.74) is 1.02. The van der Waals surface area contributed by atoms with E-state index in [0.29, 0.717) is 10.6 Å². The SMILES string of the molecule is C[C@@H](OC(=O)/C=C/c1cc(Br)ccc1F)c1ccccc1Cl. The van der Waals surface area contributed by atoms with E-state index >= 15 is 0 Å². The first-order valence-electron chi connectivity index (χ1n) is 6.55. The number of rotatable bonds is 4. The van der Waals surface area contributed by atoms with Crippen LogP contribution in [0, 0.1) is 5.82 Å². The minimum absolute atomic E-state index is 0.303. The molecule has 0 aliphatic carbocycles. The highest BCUT2D eigenvalue weighted by Gasteiger charge is 2.12. The molecule has 0 aliphatic rings. The molecule has 0 amide bonds. The third kappa shape index (κ3) is 4.42. The third-order valence-electron chi connectivity index (χ3n) is 2.99. The lowest BCUT2D eigenvalue weighted by molar-refractivity contribution is -0.142. The summed E-state index contributed by atoms with van der Waals surface area (Å²) in [6, 6.07) is 11.6. The molecule has 0 fully saturated rings. The van der Waals surface area contributed by atoms with Crippen LogP contribution in [0.2, 0.25) is 5.02 Å². The van der Waals surface area contributed by atoms with Crippen LogP contribution in [0.25, 0.3) is 6.08 Å². The number of carbonyl (C=O) groups excluding carboxylic acids is 1.